The number of carbonyl (C=O) groups is 1. The molecule has 128 valence electrons. The van der Waals surface area contributed by atoms with Crippen molar-refractivity contribution in [1.29, 1.82) is 0 Å². The van der Waals surface area contributed by atoms with Crippen LogP contribution in [-0.4, -0.2) is 15.8 Å². The second-order valence-electron chi connectivity index (χ2n) is 6.27. The van der Waals surface area contributed by atoms with Gasteiger partial charge in [-0.3, -0.25) is 14.8 Å². The largest absolute Gasteiger partial charge is 0.379 e. The summed E-state index contributed by atoms with van der Waals surface area (Å²) in [7, 11) is 0. The summed E-state index contributed by atoms with van der Waals surface area (Å²) in [6.07, 6.45) is 0.918. The van der Waals surface area contributed by atoms with Gasteiger partial charge in [-0.15, -0.1) is 0 Å². The van der Waals surface area contributed by atoms with Gasteiger partial charge in [0.15, 0.2) is 5.78 Å². The summed E-state index contributed by atoms with van der Waals surface area (Å²) in [5.41, 5.74) is 6.79. The lowest BCUT2D eigenvalue weighted by Gasteiger charge is -2.16. The van der Waals surface area contributed by atoms with Crippen LogP contribution in [0.1, 0.15) is 46.9 Å². The van der Waals surface area contributed by atoms with Gasteiger partial charge in [0.1, 0.15) is 0 Å². The molecule has 0 unspecified atom stereocenters. The zero-order valence-corrected chi connectivity index (χ0v) is 15.2. The highest BCUT2D eigenvalue weighted by Crippen LogP contribution is 2.29. The zero-order chi connectivity index (χ0) is 18.0. The molecule has 0 atom stereocenters. The maximum absolute atomic E-state index is 11.6. The fraction of sp³-hybridized carbons (Fsp3) is 0.286. The molecule has 0 aliphatic rings. The number of aromatic nitrogens is 2. The average Bonchev–Trinajstić information content (AvgIpc) is 2.59. The molecule has 1 N–H and O–H groups in total. The molecule has 0 amide bonds. The van der Waals surface area contributed by atoms with Crippen LogP contribution in [0.15, 0.2) is 36.4 Å². The second-order valence-corrected chi connectivity index (χ2v) is 6.27. The smallest absolute Gasteiger partial charge is 0.161 e. The van der Waals surface area contributed by atoms with E-state index in [1.165, 1.54) is 5.56 Å². The normalized spacial score (nSPS) is 10.9. The minimum absolute atomic E-state index is 0.0496. The van der Waals surface area contributed by atoms with Crippen LogP contribution in [0.3, 0.4) is 0 Å². The number of nitrogens with one attached hydrogen (secondary N) is 1. The summed E-state index contributed by atoms with van der Waals surface area (Å²) in [6.45, 7) is 8.26. The molecule has 0 fully saturated rings. The van der Waals surface area contributed by atoms with Crippen LogP contribution in [0, 0.1) is 13.8 Å². The average molecular weight is 333 g/mol. The molecule has 3 rings (SSSR count). The molecule has 3 aromatic rings. The predicted octanol–water partition coefficient (Wildman–Crippen LogP) is 4.62. The molecular weight excluding hydrogens is 310 g/mol. The predicted molar refractivity (Wildman–Crippen MR) is 102 cm³/mol. The fourth-order valence-corrected chi connectivity index (χ4v) is 3.27. The summed E-state index contributed by atoms with van der Waals surface area (Å²) >= 11 is 0. The van der Waals surface area contributed by atoms with Crippen LogP contribution < -0.4 is 5.32 Å². The molecule has 0 aliphatic carbocycles. The SMILES string of the molecule is CCc1c(C)nc2ccccc2c1NCc1ccc(C(C)=O)c(C)n1. The van der Waals surface area contributed by atoms with Crippen LogP contribution in [-0.2, 0) is 13.0 Å². The van der Waals surface area contributed by atoms with Gasteiger partial charge in [0, 0.05) is 28.0 Å². The number of para-hydroxylation sites is 1. The number of Topliss-reactive ketones (excluding diaryl/α,β-unsaturated/α-hetero) is 1. The molecule has 25 heavy (non-hydrogen) atoms. The van der Waals surface area contributed by atoms with Gasteiger partial charge in [-0.05, 0) is 51.0 Å². The van der Waals surface area contributed by atoms with Crippen molar-refractivity contribution in [1.82, 2.24) is 9.97 Å². The Morgan fingerprint density at radius 1 is 1.04 bits per heavy atom. The van der Waals surface area contributed by atoms with Crippen molar-refractivity contribution in [3.63, 3.8) is 0 Å². The maximum Gasteiger partial charge on any atom is 0.161 e. The van der Waals surface area contributed by atoms with Gasteiger partial charge >= 0.3 is 0 Å². The molecule has 0 saturated heterocycles. The third kappa shape index (κ3) is 3.38. The van der Waals surface area contributed by atoms with Crippen molar-refractivity contribution in [2.75, 3.05) is 5.32 Å². The Bertz CT molecular complexity index is 947. The van der Waals surface area contributed by atoms with Gasteiger partial charge < -0.3 is 5.32 Å². The van der Waals surface area contributed by atoms with E-state index in [1.54, 1.807) is 6.92 Å². The number of pyridine rings is 2. The number of nitrogens with zero attached hydrogens (tertiary/aromatic N) is 2. The van der Waals surface area contributed by atoms with Crippen LogP contribution in [0.5, 0.6) is 0 Å². The lowest BCUT2D eigenvalue weighted by Crippen LogP contribution is -2.08. The number of carbonyl (C=O) groups excluding carboxylic acids is 1. The van der Waals surface area contributed by atoms with E-state index in [9.17, 15) is 4.79 Å². The molecule has 1 aromatic carbocycles. The summed E-state index contributed by atoms with van der Waals surface area (Å²) in [5, 5.41) is 4.68. The Morgan fingerprint density at radius 3 is 2.48 bits per heavy atom. The van der Waals surface area contributed by atoms with E-state index in [1.807, 2.05) is 37.3 Å². The molecule has 0 radical (unpaired) electrons. The van der Waals surface area contributed by atoms with Gasteiger partial charge in [-0.1, -0.05) is 25.1 Å². The molecule has 4 heteroatoms. The topological polar surface area (TPSA) is 54.9 Å². The number of benzene rings is 1. The number of hydrogen-bond acceptors (Lipinski definition) is 4. The van der Waals surface area contributed by atoms with E-state index in [-0.39, 0.29) is 5.78 Å². The number of rotatable bonds is 5. The molecule has 2 aromatic heterocycles. The third-order valence-corrected chi connectivity index (χ3v) is 4.52. The minimum atomic E-state index is 0.0496. The lowest BCUT2D eigenvalue weighted by molar-refractivity contribution is 0.101. The van der Waals surface area contributed by atoms with Crippen molar-refractivity contribution >= 4 is 22.4 Å². The number of anilines is 1. The number of ketones is 1. The Hall–Kier alpha value is -2.75. The number of aryl methyl sites for hydroxylation is 2. The highest BCUT2D eigenvalue weighted by atomic mass is 16.1. The van der Waals surface area contributed by atoms with E-state index in [4.69, 9.17) is 4.98 Å². The highest BCUT2D eigenvalue weighted by molar-refractivity contribution is 5.95. The molecule has 4 nitrogen and oxygen atoms in total. The first-order chi connectivity index (χ1) is 12.0. The van der Waals surface area contributed by atoms with Gasteiger partial charge in [0.25, 0.3) is 0 Å². The fourth-order valence-electron chi connectivity index (χ4n) is 3.27. The third-order valence-electron chi connectivity index (χ3n) is 4.52. The number of fused-ring (bicyclic) bond motifs is 1. The first-order valence-electron chi connectivity index (χ1n) is 8.60. The van der Waals surface area contributed by atoms with Crippen molar-refractivity contribution in [3.8, 4) is 0 Å². The quantitative estimate of drug-likeness (QED) is 0.692. The van der Waals surface area contributed by atoms with Crippen LogP contribution in [0.25, 0.3) is 10.9 Å². The van der Waals surface area contributed by atoms with E-state index < -0.39 is 0 Å². The van der Waals surface area contributed by atoms with E-state index >= 15 is 0 Å². The van der Waals surface area contributed by atoms with Crippen molar-refractivity contribution in [2.24, 2.45) is 0 Å². The van der Waals surface area contributed by atoms with Gasteiger partial charge in [-0.25, -0.2) is 0 Å². The van der Waals surface area contributed by atoms with Crippen LogP contribution in [0.4, 0.5) is 5.69 Å². The molecule has 0 saturated carbocycles. The maximum atomic E-state index is 11.6. The minimum Gasteiger partial charge on any atom is -0.379 e. The van der Waals surface area contributed by atoms with Crippen LogP contribution in [0.2, 0.25) is 0 Å². The van der Waals surface area contributed by atoms with Crippen molar-refractivity contribution in [3.05, 3.63) is 64.6 Å². The monoisotopic (exact) mass is 333 g/mol. The molecular formula is C21H23N3O. The Labute approximate surface area is 148 Å². The Balaban J connectivity index is 1.95. The van der Waals surface area contributed by atoms with Gasteiger partial charge in [0.2, 0.25) is 0 Å². The first kappa shape index (κ1) is 17.1. The molecule has 0 bridgehead atoms. The summed E-state index contributed by atoms with van der Waals surface area (Å²) in [4.78, 5) is 20.8. The summed E-state index contributed by atoms with van der Waals surface area (Å²) in [6, 6.07) is 12.0. The summed E-state index contributed by atoms with van der Waals surface area (Å²) in [5.74, 6) is 0.0496. The van der Waals surface area contributed by atoms with E-state index in [0.717, 1.165) is 40.1 Å². The Morgan fingerprint density at radius 2 is 1.80 bits per heavy atom. The zero-order valence-electron chi connectivity index (χ0n) is 15.2. The highest BCUT2D eigenvalue weighted by Gasteiger charge is 2.12. The lowest BCUT2D eigenvalue weighted by atomic mass is 10.0. The molecule has 0 spiro atoms. The van der Waals surface area contributed by atoms with E-state index in [0.29, 0.717) is 12.1 Å². The molecule has 0 aliphatic heterocycles. The van der Waals surface area contributed by atoms with Crippen molar-refractivity contribution in [2.45, 2.75) is 40.7 Å². The number of hydrogen-bond donors (Lipinski definition) is 1. The van der Waals surface area contributed by atoms with Gasteiger partial charge in [0.05, 0.1) is 17.8 Å². The van der Waals surface area contributed by atoms with Crippen molar-refractivity contribution < 1.29 is 4.79 Å². The van der Waals surface area contributed by atoms with Gasteiger partial charge in [-0.2, -0.15) is 0 Å². The van der Waals surface area contributed by atoms with Crippen LogP contribution >= 0.6 is 0 Å². The Kier molecular flexibility index (Phi) is 4.79. The van der Waals surface area contributed by atoms with E-state index in [2.05, 4.69) is 30.2 Å². The standard InChI is InChI=1S/C21H23N3O/c1-5-17-13(2)24-20-9-7-6-8-19(20)21(17)22-12-16-10-11-18(15(4)25)14(3)23-16/h6-11H,5,12H2,1-4H3,(H,22,24). The second kappa shape index (κ2) is 7.01. The first-order valence-corrected chi connectivity index (χ1v) is 8.60. The molecule has 2 heterocycles. The summed E-state index contributed by atoms with van der Waals surface area (Å²) < 4.78 is 0.